The van der Waals surface area contributed by atoms with Gasteiger partial charge in [0.25, 0.3) is 5.91 Å². The summed E-state index contributed by atoms with van der Waals surface area (Å²) < 4.78 is 19.9. The lowest BCUT2D eigenvalue weighted by Crippen LogP contribution is -2.49. The summed E-state index contributed by atoms with van der Waals surface area (Å²) in [6.07, 6.45) is 3.68. The second kappa shape index (κ2) is 6.12. The number of likely N-dealkylation sites (N-methyl/N-ethyl adjacent to an activating group) is 1. The van der Waals surface area contributed by atoms with E-state index in [-0.39, 0.29) is 17.5 Å². The molecule has 1 aliphatic carbocycles. The lowest BCUT2D eigenvalue weighted by Gasteiger charge is -2.37. The molecule has 0 bridgehead atoms. The summed E-state index contributed by atoms with van der Waals surface area (Å²) in [5.41, 5.74) is 1.16. The average Bonchev–Trinajstić information content (AvgIpc) is 3.22. The van der Waals surface area contributed by atoms with Crippen molar-refractivity contribution >= 4 is 16.9 Å². The van der Waals surface area contributed by atoms with Gasteiger partial charge in [-0.2, -0.15) is 4.98 Å². The highest BCUT2D eigenvalue weighted by Gasteiger charge is 2.35. The third-order valence-electron chi connectivity index (χ3n) is 5.36. The van der Waals surface area contributed by atoms with Gasteiger partial charge in [-0.3, -0.25) is 9.69 Å². The van der Waals surface area contributed by atoms with Crippen LogP contribution in [0.1, 0.15) is 46.9 Å². The lowest BCUT2D eigenvalue weighted by atomic mass is 10.1. The molecular formula is C18H19FN6O2. The number of benzene rings is 1. The van der Waals surface area contributed by atoms with Crippen molar-refractivity contribution in [1.29, 1.82) is 0 Å². The van der Waals surface area contributed by atoms with Crippen LogP contribution in [0.5, 0.6) is 0 Å². The van der Waals surface area contributed by atoms with Gasteiger partial charge in [-0.25, -0.2) is 9.37 Å². The Hall–Kier alpha value is -2.81. The van der Waals surface area contributed by atoms with Gasteiger partial charge in [0.1, 0.15) is 11.9 Å². The van der Waals surface area contributed by atoms with Gasteiger partial charge >= 0.3 is 0 Å². The molecular weight excluding hydrogens is 351 g/mol. The standard InChI is InChI=1S/C18H19FN6O2/c1-24-4-5-25(8-15(24)17-22-16(23-27-17)10-2-3-10)18(26)11-6-13-14(7-12(11)19)21-9-20-13/h6-7,9-10,15H,2-5,8H2,1H3,(H,20,21). The smallest absolute Gasteiger partial charge is 0.257 e. The maximum Gasteiger partial charge on any atom is 0.257 e. The topological polar surface area (TPSA) is 91.2 Å². The highest BCUT2D eigenvalue weighted by Crippen LogP contribution is 2.39. The Labute approximate surface area is 154 Å². The van der Waals surface area contributed by atoms with E-state index >= 15 is 0 Å². The lowest BCUT2D eigenvalue weighted by molar-refractivity contribution is 0.0485. The molecule has 1 saturated carbocycles. The fraction of sp³-hybridized carbons (Fsp3) is 0.444. The molecule has 1 atom stereocenters. The number of rotatable bonds is 3. The van der Waals surface area contributed by atoms with Gasteiger partial charge in [0.2, 0.25) is 5.89 Å². The summed E-state index contributed by atoms with van der Waals surface area (Å²) in [4.78, 5) is 28.2. The van der Waals surface area contributed by atoms with Gasteiger partial charge in [-0.15, -0.1) is 0 Å². The molecule has 5 rings (SSSR count). The van der Waals surface area contributed by atoms with E-state index in [0.29, 0.717) is 42.5 Å². The fourth-order valence-corrected chi connectivity index (χ4v) is 3.50. The van der Waals surface area contributed by atoms with Crippen molar-refractivity contribution in [2.24, 2.45) is 0 Å². The molecule has 1 N–H and O–H groups in total. The molecule has 27 heavy (non-hydrogen) atoms. The van der Waals surface area contributed by atoms with Crippen molar-refractivity contribution in [3.8, 4) is 0 Å². The van der Waals surface area contributed by atoms with Crippen LogP contribution in [0.4, 0.5) is 4.39 Å². The Morgan fingerprint density at radius 2 is 2.19 bits per heavy atom. The SMILES string of the molecule is CN1CCN(C(=O)c2cc3nc[nH]c3cc2F)CC1c1nc(C2CC2)no1. The number of carbonyl (C=O) groups is 1. The summed E-state index contributed by atoms with van der Waals surface area (Å²) in [6.45, 7) is 1.52. The van der Waals surface area contributed by atoms with E-state index in [2.05, 4.69) is 25.0 Å². The highest BCUT2D eigenvalue weighted by atomic mass is 19.1. The molecule has 140 valence electrons. The summed E-state index contributed by atoms with van der Waals surface area (Å²) in [5, 5.41) is 4.07. The number of H-pyrrole nitrogens is 1. The molecule has 2 fully saturated rings. The van der Waals surface area contributed by atoms with E-state index in [1.54, 1.807) is 4.90 Å². The Morgan fingerprint density at radius 3 is 3.00 bits per heavy atom. The van der Waals surface area contributed by atoms with Crippen molar-refractivity contribution in [3.05, 3.63) is 41.6 Å². The summed E-state index contributed by atoms with van der Waals surface area (Å²) in [6, 6.07) is 2.61. The molecule has 0 spiro atoms. The Kier molecular flexibility index (Phi) is 3.71. The molecule has 1 saturated heterocycles. The molecule has 1 aliphatic heterocycles. The first-order valence-corrected chi connectivity index (χ1v) is 9.06. The Morgan fingerprint density at radius 1 is 1.33 bits per heavy atom. The van der Waals surface area contributed by atoms with E-state index in [1.165, 1.54) is 18.5 Å². The van der Waals surface area contributed by atoms with Gasteiger partial charge in [-0.05, 0) is 26.0 Å². The molecule has 3 aromatic rings. The highest BCUT2D eigenvalue weighted by molar-refractivity contribution is 5.97. The van der Waals surface area contributed by atoms with E-state index in [1.807, 2.05) is 7.05 Å². The zero-order valence-electron chi connectivity index (χ0n) is 14.9. The van der Waals surface area contributed by atoms with Crippen molar-refractivity contribution < 1.29 is 13.7 Å². The van der Waals surface area contributed by atoms with Crippen molar-refractivity contribution in [2.45, 2.75) is 24.8 Å². The zero-order chi connectivity index (χ0) is 18.5. The van der Waals surface area contributed by atoms with Crippen molar-refractivity contribution in [2.75, 3.05) is 26.7 Å². The average molecular weight is 370 g/mol. The van der Waals surface area contributed by atoms with Crippen LogP contribution in [0.3, 0.4) is 0 Å². The number of piperazine rings is 1. The zero-order valence-corrected chi connectivity index (χ0v) is 14.9. The number of fused-ring (bicyclic) bond motifs is 1. The van der Waals surface area contributed by atoms with Crippen LogP contribution in [0.25, 0.3) is 11.0 Å². The first-order chi connectivity index (χ1) is 13.1. The molecule has 3 heterocycles. The number of hydrogen-bond acceptors (Lipinski definition) is 6. The second-order valence-electron chi connectivity index (χ2n) is 7.26. The summed E-state index contributed by atoms with van der Waals surface area (Å²) >= 11 is 0. The van der Waals surface area contributed by atoms with Gasteiger partial charge in [0.15, 0.2) is 5.82 Å². The molecule has 8 nitrogen and oxygen atoms in total. The number of aromatic nitrogens is 4. The normalized spacial score (nSPS) is 21.1. The minimum atomic E-state index is -0.555. The second-order valence-corrected chi connectivity index (χ2v) is 7.26. The number of nitrogens with zero attached hydrogens (tertiary/aromatic N) is 5. The maximum atomic E-state index is 14.5. The van der Waals surface area contributed by atoms with E-state index in [0.717, 1.165) is 18.7 Å². The molecule has 2 aliphatic rings. The number of aromatic amines is 1. The summed E-state index contributed by atoms with van der Waals surface area (Å²) in [7, 11) is 1.96. The quantitative estimate of drug-likeness (QED) is 0.759. The van der Waals surface area contributed by atoms with E-state index in [9.17, 15) is 9.18 Å². The van der Waals surface area contributed by atoms with E-state index in [4.69, 9.17) is 4.52 Å². The number of hydrogen-bond donors (Lipinski definition) is 1. The number of halogens is 1. The van der Waals surface area contributed by atoms with Crippen LogP contribution in [-0.4, -0.2) is 62.5 Å². The fourth-order valence-electron chi connectivity index (χ4n) is 3.50. The van der Waals surface area contributed by atoms with Crippen LogP contribution >= 0.6 is 0 Å². The van der Waals surface area contributed by atoms with Crippen LogP contribution in [0, 0.1) is 5.82 Å². The van der Waals surface area contributed by atoms with Crippen LogP contribution in [0.2, 0.25) is 0 Å². The van der Waals surface area contributed by atoms with Gasteiger partial charge < -0.3 is 14.4 Å². The predicted molar refractivity (Wildman–Crippen MR) is 93.6 cm³/mol. The largest absolute Gasteiger partial charge is 0.345 e. The van der Waals surface area contributed by atoms with E-state index < -0.39 is 5.82 Å². The monoisotopic (exact) mass is 370 g/mol. The molecule has 1 amide bonds. The van der Waals surface area contributed by atoms with Gasteiger partial charge in [0.05, 0.1) is 22.9 Å². The van der Waals surface area contributed by atoms with Crippen molar-refractivity contribution in [3.63, 3.8) is 0 Å². The first-order valence-electron chi connectivity index (χ1n) is 9.06. The molecule has 2 aromatic heterocycles. The third kappa shape index (κ3) is 2.87. The minimum absolute atomic E-state index is 0.0297. The Bertz CT molecular complexity index is 1010. The van der Waals surface area contributed by atoms with Crippen LogP contribution in [-0.2, 0) is 0 Å². The predicted octanol–water partition coefficient (Wildman–Crippen LogP) is 2.09. The molecule has 1 unspecified atom stereocenters. The number of imidazole rings is 1. The summed E-state index contributed by atoms with van der Waals surface area (Å²) in [5.74, 6) is 0.763. The number of nitrogens with one attached hydrogen (secondary N) is 1. The minimum Gasteiger partial charge on any atom is -0.345 e. The third-order valence-corrected chi connectivity index (χ3v) is 5.36. The van der Waals surface area contributed by atoms with Crippen molar-refractivity contribution in [1.82, 2.24) is 29.9 Å². The molecule has 9 heteroatoms. The number of amides is 1. The van der Waals surface area contributed by atoms with Gasteiger partial charge in [0, 0.05) is 31.6 Å². The number of carbonyl (C=O) groups excluding carboxylic acids is 1. The molecule has 1 aromatic carbocycles. The molecule has 0 radical (unpaired) electrons. The van der Waals surface area contributed by atoms with Crippen LogP contribution in [0.15, 0.2) is 23.0 Å². The van der Waals surface area contributed by atoms with Crippen LogP contribution < -0.4 is 0 Å². The first kappa shape index (κ1) is 16.4. The maximum absolute atomic E-state index is 14.5. The van der Waals surface area contributed by atoms with Gasteiger partial charge in [-0.1, -0.05) is 5.16 Å². The Balaban J connectivity index is 1.40.